The molecule has 0 fully saturated rings. The van der Waals surface area contributed by atoms with Gasteiger partial charge < -0.3 is 14.5 Å². The van der Waals surface area contributed by atoms with Crippen molar-refractivity contribution in [1.29, 1.82) is 0 Å². The van der Waals surface area contributed by atoms with Crippen LogP contribution in [0.25, 0.3) is 0 Å². The second kappa shape index (κ2) is 7.38. The van der Waals surface area contributed by atoms with Gasteiger partial charge in [-0.1, -0.05) is 30.3 Å². The molecule has 0 atom stereocenters. The van der Waals surface area contributed by atoms with Gasteiger partial charge in [0.05, 0.1) is 7.11 Å². The predicted octanol–water partition coefficient (Wildman–Crippen LogP) is 2.63. The van der Waals surface area contributed by atoms with Gasteiger partial charge in [-0.2, -0.15) is 0 Å². The highest BCUT2D eigenvalue weighted by molar-refractivity contribution is 5.97. The zero-order valence-corrected chi connectivity index (χ0v) is 14.6. The number of benzene rings is 2. The molecular weight excluding hydrogens is 316 g/mol. The normalized spacial score (nSPS) is 13.1. The number of ether oxygens (including phenoxy) is 1. The Morgan fingerprint density at radius 2 is 1.88 bits per heavy atom. The molecule has 1 heterocycles. The van der Waals surface area contributed by atoms with Crippen LogP contribution in [-0.2, 0) is 22.6 Å². The maximum atomic E-state index is 12.8. The molecule has 130 valence electrons. The molecule has 2 aromatic rings. The van der Waals surface area contributed by atoms with E-state index in [0.29, 0.717) is 24.5 Å². The molecule has 0 bridgehead atoms. The van der Waals surface area contributed by atoms with E-state index in [0.717, 1.165) is 6.42 Å². The van der Waals surface area contributed by atoms with Gasteiger partial charge in [-0.3, -0.25) is 9.59 Å². The fraction of sp³-hybridized carbons (Fsp3) is 0.300. The Balaban J connectivity index is 1.74. The van der Waals surface area contributed by atoms with Gasteiger partial charge in [0.1, 0.15) is 12.3 Å². The van der Waals surface area contributed by atoms with E-state index in [9.17, 15) is 9.59 Å². The third kappa shape index (κ3) is 3.82. The highest BCUT2D eigenvalue weighted by Gasteiger charge is 2.24. The lowest BCUT2D eigenvalue weighted by Crippen LogP contribution is -2.44. The molecule has 0 unspecified atom stereocenters. The maximum Gasteiger partial charge on any atom is 0.242 e. The smallest absolute Gasteiger partial charge is 0.242 e. The number of amides is 2. The van der Waals surface area contributed by atoms with E-state index in [-0.39, 0.29) is 18.4 Å². The summed E-state index contributed by atoms with van der Waals surface area (Å²) in [5.74, 6) is 0.439. The number of methoxy groups -OCH3 is 1. The number of fused-ring (bicyclic) bond motifs is 1. The Morgan fingerprint density at radius 1 is 1.12 bits per heavy atom. The number of carbonyl (C=O) groups excluding carboxylic acids is 2. The molecule has 5 heteroatoms. The fourth-order valence-corrected chi connectivity index (χ4v) is 3.11. The molecule has 3 rings (SSSR count). The molecule has 0 saturated carbocycles. The quantitative estimate of drug-likeness (QED) is 0.861. The van der Waals surface area contributed by atoms with Gasteiger partial charge in [0.2, 0.25) is 11.8 Å². The summed E-state index contributed by atoms with van der Waals surface area (Å²) in [7, 11) is 1.58. The highest BCUT2D eigenvalue weighted by Crippen LogP contribution is 2.23. The van der Waals surface area contributed by atoms with Crippen molar-refractivity contribution < 1.29 is 14.3 Å². The van der Waals surface area contributed by atoms with Gasteiger partial charge in [0.25, 0.3) is 0 Å². The average molecular weight is 338 g/mol. The first-order valence-electron chi connectivity index (χ1n) is 8.35. The van der Waals surface area contributed by atoms with Crippen LogP contribution in [0.3, 0.4) is 0 Å². The maximum absolute atomic E-state index is 12.8. The second-order valence-electron chi connectivity index (χ2n) is 6.14. The van der Waals surface area contributed by atoms with E-state index in [1.54, 1.807) is 13.2 Å². The van der Waals surface area contributed by atoms with Crippen LogP contribution < -0.4 is 9.64 Å². The fourth-order valence-electron chi connectivity index (χ4n) is 3.11. The van der Waals surface area contributed by atoms with Gasteiger partial charge in [0.15, 0.2) is 0 Å². The second-order valence-corrected chi connectivity index (χ2v) is 6.14. The Kier molecular flexibility index (Phi) is 5.03. The van der Waals surface area contributed by atoms with Crippen LogP contribution in [0, 0.1) is 0 Å². The minimum absolute atomic E-state index is 0.0324. The number of carbonyl (C=O) groups is 2. The van der Waals surface area contributed by atoms with E-state index in [1.165, 1.54) is 23.0 Å². The van der Waals surface area contributed by atoms with Gasteiger partial charge in [-0.25, -0.2) is 0 Å². The van der Waals surface area contributed by atoms with E-state index >= 15 is 0 Å². The van der Waals surface area contributed by atoms with Crippen LogP contribution in [0.1, 0.15) is 18.1 Å². The number of rotatable bonds is 4. The number of hydrogen-bond donors (Lipinski definition) is 0. The number of hydrogen-bond acceptors (Lipinski definition) is 3. The summed E-state index contributed by atoms with van der Waals surface area (Å²) in [4.78, 5) is 28.1. The summed E-state index contributed by atoms with van der Waals surface area (Å²) in [6, 6.07) is 15.4. The molecule has 0 aromatic heterocycles. The lowest BCUT2D eigenvalue weighted by Gasteiger charge is -2.31. The first-order valence-corrected chi connectivity index (χ1v) is 8.35. The SMILES string of the molecule is COc1cccc(N(CC(=O)N2CCc3ccccc3C2)C(C)=O)c1. The first-order chi connectivity index (χ1) is 12.1. The van der Waals surface area contributed by atoms with Crippen LogP contribution in [0.5, 0.6) is 5.75 Å². The lowest BCUT2D eigenvalue weighted by atomic mass is 10.00. The van der Waals surface area contributed by atoms with Crippen molar-refractivity contribution in [2.24, 2.45) is 0 Å². The van der Waals surface area contributed by atoms with E-state index < -0.39 is 0 Å². The van der Waals surface area contributed by atoms with Crippen molar-refractivity contribution in [2.45, 2.75) is 19.9 Å². The first kappa shape index (κ1) is 17.0. The summed E-state index contributed by atoms with van der Waals surface area (Å²) in [5, 5.41) is 0. The zero-order chi connectivity index (χ0) is 17.8. The topological polar surface area (TPSA) is 49.9 Å². The molecule has 1 aliphatic rings. The highest BCUT2D eigenvalue weighted by atomic mass is 16.5. The van der Waals surface area contributed by atoms with E-state index in [1.807, 2.05) is 35.2 Å². The Morgan fingerprint density at radius 3 is 2.60 bits per heavy atom. The van der Waals surface area contributed by atoms with Crippen molar-refractivity contribution in [2.75, 3.05) is 25.1 Å². The summed E-state index contributed by atoms with van der Waals surface area (Å²) in [5.41, 5.74) is 3.14. The summed E-state index contributed by atoms with van der Waals surface area (Å²) in [6.07, 6.45) is 0.848. The predicted molar refractivity (Wildman–Crippen MR) is 96.6 cm³/mol. The lowest BCUT2D eigenvalue weighted by molar-refractivity contribution is -0.132. The summed E-state index contributed by atoms with van der Waals surface area (Å²) < 4.78 is 5.21. The molecule has 2 aromatic carbocycles. The largest absolute Gasteiger partial charge is 0.497 e. The standard InChI is InChI=1S/C20H22N2O3/c1-15(23)22(18-8-5-9-19(12-18)25-2)14-20(24)21-11-10-16-6-3-4-7-17(16)13-21/h3-9,12H,10-11,13-14H2,1-2H3. The van der Waals surface area contributed by atoms with Gasteiger partial charge in [-0.05, 0) is 29.7 Å². The van der Waals surface area contributed by atoms with Gasteiger partial charge in [-0.15, -0.1) is 0 Å². The third-order valence-corrected chi connectivity index (χ3v) is 4.52. The molecule has 0 aliphatic carbocycles. The van der Waals surface area contributed by atoms with Crippen molar-refractivity contribution in [1.82, 2.24) is 4.90 Å². The van der Waals surface area contributed by atoms with Crippen molar-refractivity contribution >= 4 is 17.5 Å². The average Bonchev–Trinajstić information content (AvgIpc) is 2.65. The molecule has 5 nitrogen and oxygen atoms in total. The van der Waals surface area contributed by atoms with Crippen LogP contribution in [0.15, 0.2) is 48.5 Å². The number of anilines is 1. The van der Waals surface area contributed by atoms with Crippen LogP contribution >= 0.6 is 0 Å². The molecule has 0 saturated heterocycles. The molecule has 1 aliphatic heterocycles. The Labute approximate surface area is 147 Å². The zero-order valence-electron chi connectivity index (χ0n) is 14.6. The summed E-state index contributed by atoms with van der Waals surface area (Å²) >= 11 is 0. The monoisotopic (exact) mass is 338 g/mol. The Hall–Kier alpha value is -2.82. The van der Waals surface area contributed by atoms with E-state index in [2.05, 4.69) is 12.1 Å². The molecular formula is C20H22N2O3. The third-order valence-electron chi connectivity index (χ3n) is 4.52. The van der Waals surface area contributed by atoms with Crippen molar-refractivity contribution in [3.05, 3.63) is 59.7 Å². The van der Waals surface area contributed by atoms with Crippen LogP contribution in [-0.4, -0.2) is 36.9 Å². The molecule has 0 radical (unpaired) electrons. The van der Waals surface area contributed by atoms with Gasteiger partial charge in [0, 0.05) is 31.8 Å². The van der Waals surface area contributed by atoms with Gasteiger partial charge >= 0.3 is 0 Å². The summed E-state index contributed by atoms with van der Waals surface area (Å²) in [6.45, 7) is 2.78. The van der Waals surface area contributed by atoms with Crippen molar-refractivity contribution in [3.63, 3.8) is 0 Å². The van der Waals surface area contributed by atoms with E-state index in [4.69, 9.17) is 4.74 Å². The Bertz CT molecular complexity index is 788. The van der Waals surface area contributed by atoms with Crippen LogP contribution in [0.4, 0.5) is 5.69 Å². The van der Waals surface area contributed by atoms with Crippen LogP contribution in [0.2, 0.25) is 0 Å². The minimum atomic E-state index is -0.168. The molecule has 0 N–H and O–H groups in total. The molecule has 2 amide bonds. The molecule has 0 spiro atoms. The molecule has 25 heavy (non-hydrogen) atoms. The number of nitrogens with zero attached hydrogens (tertiary/aromatic N) is 2. The van der Waals surface area contributed by atoms with Crippen molar-refractivity contribution in [3.8, 4) is 5.75 Å². The minimum Gasteiger partial charge on any atom is -0.497 e.